The molecule has 1 atom stereocenters. The molecule has 1 fully saturated rings. The average Bonchev–Trinajstić information content (AvgIpc) is 2.20. The van der Waals surface area contributed by atoms with Gasteiger partial charge >= 0.3 is 0 Å². The van der Waals surface area contributed by atoms with Gasteiger partial charge < -0.3 is 4.90 Å². The minimum absolute atomic E-state index is 0.0338. The van der Waals surface area contributed by atoms with E-state index in [-0.39, 0.29) is 11.9 Å². The minimum Gasteiger partial charge on any atom is -0.329 e. The zero-order valence-corrected chi connectivity index (χ0v) is 6.55. The number of rotatable bonds is 2. The molecule has 1 aliphatic heterocycles. The van der Waals surface area contributed by atoms with Crippen molar-refractivity contribution in [3.63, 3.8) is 0 Å². The van der Waals surface area contributed by atoms with Gasteiger partial charge in [-0.3, -0.25) is 10.1 Å². The first-order valence-electron chi connectivity index (χ1n) is 3.78. The Kier molecular flexibility index (Phi) is 2.27. The van der Waals surface area contributed by atoms with Gasteiger partial charge in [0.2, 0.25) is 5.91 Å². The van der Waals surface area contributed by atoms with Crippen molar-refractivity contribution in [3.8, 4) is 0 Å². The Morgan fingerprint density at radius 2 is 2.50 bits per heavy atom. The quantitative estimate of drug-likeness (QED) is 0.596. The fourth-order valence-corrected chi connectivity index (χ4v) is 1.15. The predicted octanol–water partition coefficient (Wildman–Crippen LogP) is 0.174. The summed E-state index contributed by atoms with van der Waals surface area (Å²) >= 11 is 0. The second kappa shape index (κ2) is 3.01. The van der Waals surface area contributed by atoms with Crippen molar-refractivity contribution in [1.29, 1.82) is 0 Å². The van der Waals surface area contributed by atoms with Crippen LogP contribution in [0.25, 0.3) is 0 Å². The van der Waals surface area contributed by atoms with Crippen molar-refractivity contribution in [2.75, 3.05) is 13.2 Å². The van der Waals surface area contributed by atoms with E-state index in [2.05, 4.69) is 12.2 Å². The van der Waals surface area contributed by atoms with Gasteiger partial charge in [0.1, 0.15) is 0 Å². The molecule has 0 saturated carbocycles. The third kappa shape index (κ3) is 1.29. The van der Waals surface area contributed by atoms with Crippen LogP contribution in [0, 0.1) is 0 Å². The van der Waals surface area contributed by atoms with E-state index < -0.39 is 0 Å². The molecule has 0 bridgehead atoms. The molecule has 10 heavy (non-hydrogen) atoms. The summed E-state index contributed by atoms with van der Waals surface area (Å²) < 4.78 is 0. The molecule has 0 aliphatic carbocycles. The van der Waals surface area contributed by atoms with Crippen LogP contribution in [0.4, 0.5) is 0 Å². The summed E-state index contributed by atoms with van der Waals surface area (Å²) in [6, 6.07) is 0.0338. The van der Waals surface area contributed by atoms with E-state index in [1.807, 2.05) is 11.8 Å². The molecule has 1 saturated heterocycles. The SMILES string of the molecule is CCCN1CNC(C)C1=O. The first-order chi connectivity index (χ1) is 4.75. The molecule has 0 aromatic rings. The van der Waals surface area contributed by atoms with Crippen LogP contribution in [0.15, 0.2) is 0 Å². The molecule has 1 aliphatic rings. The van der Waals surface area contributed by atoms with Crippen LogP contribution in [-0.2, 0) is 4.79 Å². The second-order valence-corrected chi connectivity index (χ2v) is 2.69. The molecule has 1 amide bonds. The van der Waals surface area contributed by atoms with E-state index in [0.717, 1.165) is 19.6 Å². The van der Waals surface area contributed by atoms with E-state index in [0.29, 0.717) is 0 Å². The molecular weight excluding hydrogens is 128 g/mol. The van der Waals surface area contributed by atoms with Gasteiger partial charge in [-0.1, -0.05) is 6.92 Å². The van der Waals surface area contributed by atoms with Gasteiger partial charge in [-0.15, -0.1) is 0 Å². The minimum atomic E-state index is 0.0338. The van der Waals surface area contributed by atoms with Crippen LogP contribution < -0.4 is 5.32 Å². The van der Waals surface area contributed by atoms with Gasteiger partial charge in [-0.2, -0.15) is 0 Å². The van der Waals surface area contributed by atoms with E-state index >= 15 is 0 Å². The molecule has 1 N–H and O–H groups in total. The molecule has 58 valence electrons. The average molecular weight is 142 g/mol. The lowest BCUT2D eigenvalue weighted by molar-refractivity contribution is -0.128. The maximum atomic E-state index is 11.2. The fraction of sp³-hybridized carbons (Fsp3) is 0.857. The normalized spacial score (nSPS) is 26.0. The summed E-state index contributed by atoms with van der Waals surface area (Å²) in [6.07, 6.45) is 1.04. The summed E-state index contributed by atoms with van der Waals surface area (Å²) in [5, 5.41) is 3.08. The van der Waals surface area contributed by atoms with Gasteiger partial charge in [-0.05, 0) is 13.3 Å². The maximum absolute atomic E-state index is 11.2. The second-order valence-electron chi connectivity index (χ2n) is 2.69. The smallest absolute Gasteiger partial charge is 0.240 e. The van der Waals surface area contributed by atoms with Gasteiger partial charge in [0.15, 0.2) is 0 Å². The van der Waals surface area contributed by atoms with Crippen molar-refractivity contribution in [3.05, 3.63) is 0 Å². The van der Waals surface area contributed by atoms with Crippen LogP contribution >= 0.6 is 0 Å². The number of hydrogen-bond donors (Lipinski definition) is 1. The van der Waals surface area contributed by atoms with E-state index in [1.54, 1.807) is 0 Å². The fourth-order valence-electron chi connectivity index (χ4n) is 1.15. The van der Waals surface area contributed by atoms with Crippen molar-refractivity contribution in [1.82, 2.24) is 10.2 Å². The topological polar surface area (TPSA) is 32.3 Å². The number of carbonyl (C=O) groups is 1. The Morgan fingerprint density at radius 3 is 2.90 bits per heavy atom. The Bertz CT molecular complexity index is 134. The lowest BCUT2D eigenvalue weighted by Crippen LogP contribution is -2.28. The molecule has 0 spiro atoms. The van der Waals surface area contributed by atoms with Crippen molar-refractivity contribution in [2.45, 2.75) is 26.3 Å². The number of amides is 1. The van der Waals surface area contributed by atoms with E-state index in [4.69, 9.17) is 0 Å². The first kappa shape index (κ1) is 7.54. The van der Waals surface area contributed by atoms with Crippen molar-refractivity contribution < 1.29 is 4.79 Å². The molecule has 3 nitrogen and oxygen atoms in total. The number of nitrogens with zero attached hydrogens (tertiary/aromatic N) is 1. The van der Waals surface area contributed by atoms with Crippen molar-refractivity contribution >= 4 is 5.91 Å². The van der Waals surface area contributed by atoms with Crippen LogP contribution in [-0.4, -0.2) is 30.1 Å². The highest BCUT2D eigenvalue weighted by Crippen LogP contribution is 2.02. The summed E-state index contributed by atoms with van der Waals surface area (Å²) in [4.78, 5) is 13.0. The van der Waals surface area contributed by atoms with Crippen LogP contribution in [0.3, 0.4) is 0 Å². The number of hydrogen-bond acceptors (Lipinski definition) is 2. The standard InChI is InChI=1S/C7H14N2O/c1-3-4-9-5-8-6(2)7(9)10/h6,8H,3-5H2,1-2H3. The highest BCUT2D eigenvalue weighted by molar-refractivity contribution is 5.83. The van der Waals surface area contributed by atoms with Gasteiger partial charge in [0.25, 0.3) is 0 Å². The highest BCUT2D eigenvalue weighted by atomic mass is 16.2. The zero-order valence-electron chi connectivity index (χ0n) is 6.55. The molecular formula is C7H14N2O. The maximum Gasteiger partial charge on any atom is 0.240 e. The summed E-state index contributed by atoms with van der Waals surface area (Å²) in [7, 11) is 0. The molecule has 3 heteroatoms. The Labute approximate surface area is 61.4 Å². The first-order valence-corrected chi connectivity index (χ1v) is 3.78. The van der Waals surface area contributed by atoms with Crippen LogP contribution in [0.5, 0.6) is 0 Å². The molecule has 1 heterocycles. The van der Waals surface area contributed by atoms with Gasteiger partial charge in [0, 0.05) is 6.54 Å². The van der Waals surface area contributed by atoms with Crippen LogP contribution in [0.2, 0.25) is 0 Å². The lowest BCUT2D eigenvalue weighted by atomic mass is 10.3. The summed E-state index contributed by atoms with van der Waals surface area (Å²) in [5.74, 6) is 0.238. The van der Waals surface area contributed by atoms with E-state index in [9.17, 15) is 4.79 Å². The summed E-state index contributed by atoms with van der Waals surface area (Å²) in [5.41, 5.74) is 0. The predicted molar refractivity (Wildman–Crippen MR) is 39.5 cm³/mol. The number of carbonyl (C=O) groups excluding carboxylic acids is 1. The van der Waals surface area contributed by atoms with Gasteiger partial charge in [-0.25, -0.2) is 0 Å². The number of nitrogens with one attached hydrogen (secondary N) is 1. The lowest BCUT2D eigenvalue weighted by Gasteiger charge is -2.12. The van der Waals surface area contributed by atoms with E-state index in [1.165, 1.54) is 0 Å². The molecule has 0 aromatic carbocycles. The Morgan fingerprint density at radius 1 is 1.80 bits per heavy atom. The largest absolute Gasteiger partial charge is 0.329 e. The monoisotopic (exact) mass is 142 g/mol. The van der Waals surface area contributed by atoms with Crippen LogP contribution in [0.1, 0.15) is 20.3 Å². The van der Waals surface area contributed by atoms with Crippen molar-refractivity contribution in [2.24, 2.45) is 0 Å². The third-order valence-electron chi connectivity index (χ3n) is 1.76. The zero-order chi connectivity index (χ0) is 7.56. The summed E-state index contributed by atoms with van der Waals surface area (Å²) in [6.45, 7) is 5.60. The highest BCUT2D eigenvalue weighted by Gasteiger charge is 2.25. The molecule has 0 radical (unpaired) electrons. The molecule has 1 unspecified atom stereocenters. The molecule has 0 aromatic heterocycles. The molecule has 1 rings (SSSR count). The van der Waals surface area contributed by atoms with Gasteiger partial charge in [0.05, 0.1) is 12.7 Å². The third-order valence-corrected chi connectivity index (χ3v) is 1.76. The Balaban J connectivity index is 2.41. The Hall–Kier alpha value is -0.570.